The first-order valence-corrected chi connectivity index (χ1v) is 19.5. The number of aromatic nitrogens is 4. The molecule has 0 bridgehead atoms. The lowest BCUT2D eigenvalue weighted by molar-refractivity contribution is 1.09. The summed E-state index contributed by atoms with van der Waals surface area (Å²) in [5.41, 5.74) is 11.1. The van der Waals surface area contributed by atoms with Crippen LogP contribution in [0.5, 0.6) is 0 Å². The molecule has 0 amide bonds. The fourth-order valence-electron chi connectivity index (χ4n) is 9.29. The maximum absolute atomic E-state index is 5.22. The number of hydrogen-bond acceptors (Lipinski definition) is 1. The second kappa shape index (κ2) is 12.4. The van der Waals surface area contributed by atoms with Crippen LogP contribution in [0.2, 0.25) is 0 Å². The topological polar surface area (TPSA) is 27.7 Å². The van der Waals surface area contributed by atoms with Crippen molar-refractivity contribution in [2.45, 2.75) is 0 Å². The van der Waals surface area contributed by atoms with Crippen molar-refractivity contribution in [2.75, 3.05) is 0 Å². The van der Waals surface area contributed by atoms with Gasteiger partial charge in [-0.25, -0.2) is 0 Å². The first-order valence-electron chi connectivity index (χ1n) is 19.5. The average molecular weight is 727 g/mol. The monoisotopic (exact) mass is 726 g/mol. The van der Waals surface area contributed by atoms with E-state index in [9.17, 15) is 0 Å². The van der Waals surface area contributed by atoms with Crippen molar-refractivity contribution in [1.29, 1.82) is 0 Å². The summed E-state index contributed by atoms with van der Waals surface area (Å²) in [7, 11) is 0. The van der Waals surface area contributed by atoms with E-state index < -0.39 is 0 Å². The molecule has 0 spiro atoms. The van der Waals surface area contributed by atoms with Crippen molar-refractivity contribution in [3.63, 3.8) is 0 Å². The van der Waals surface area contributed by atoms with Crippen LogP contribution in [0.3, 0.4) is 0 Å². The van der Waals surface area contributed by atoms with Gasteiger partial charge in [0.15, 0.2) is 0 Å². The molecule has 12 rings (SSSR count). The highest BCUT2D eigenvalue weighted by atomic mass is 15.1. The van der Waals surface area contributed by atoms with Gasteiger partial charge in [-0.15, -0.1) is 0 Å². The van der Waals surface area contributed by atoms with E-state index in [2.05, 4.69) is 214 Å². The van der Waals surface area contributed by atoms with Crippen LogP contribution in [0, 0.1) is 0 Å². The molecule has 4 nitrogen and oxygen atoms in total. The number of fused-ring (bicyclic) bond motifs is 13. The molecule has 0 radical (unpaired) electrons. The summed E-state index contributed by atoms with van der Waals surface area (Å²) in [6, 6.07) is 72.6. The van der Waals surface area contributed by atoms with Crippen LogP contribution < -0.4 is 0 Å². The summed E-state index contributed by atoms with van der Waals surface area (Å²) in [6.45, 7) is 0. The van der Waals surface area contributed by atoms with E-state index in [1.54, 1.807) is 0 Å². The second-order valence-electron chi connectivity index (χ2n) is 14.8. The molecule has 0 N–H and O–H groups in total. The summed E-state index contributed by atoms with van der Waals surface area (Å²) in [5, 5.41) is 10.5. The largest absolute Gasteiger partial charge is 0.309 e. The predicted molar refractivity (Wildman–Crippen MR) is 240 cm³/mol. The van der Waals surface area contributed by atoms with Crippen molar-refractivity contribution in [1.82, 2.24) is 18.7 Å². The standard InChI is InChI=1S/C53H34N4/c1-3-16-35(17-4-1)55-49-27-13-14-28-50(49)56(36-18-5-2-6-19-36)52-34-46-45(33-51(52)55)44-32-37(57-47-25-11-9-22-41(47)42-23-10-12-26-48(42)57)29-30-40(44)38-20-7-8-21-39(38)43-24-15-31-54-53(43)46/h1-34H. The van der Waals surface area contributed by atoms with Crippen molar-refractivity contribution >= 4 is 87.1 Å². The zero-order valence-electron chi connectivity index (χ0n) is 30.9. The fraction of sp³-hybridized carbons (Fsp3) is 0. The summed E-state index contributed by atoms with van der Waals surface area (Å²) < 4.78 is 7.26. The van der Waals surface area contributed by atoms with Crippen molar-refractivity contribution in [3.8, 4) is 17.1 Å². The number of para-hydroxylation sites is 6. The van der Waals surface area contributed by atoms with Crippen LogP contribution in [-0.4, -0.2) is 18.7 Å². The van der Waals surface area contributed by atoms with Crippen LogP contribution in [0.15, 0.2) is 206 Å². The Hall–Kier alpha value is -7.69. The van der Waals surface area contributed by atoms with E-state index in [4.69, 9.17) is 4.98 Å². The van der Waals surface area contributed by atoms with Gasteiger partial charge >= 0.3 is 0 Å². The fourth-order valence-corrected chi connectivity index (χ4v) is 9.29. The first kappa shape index (κ1) is 31.6. The van der Waals surface area contributed by atoms with Crippen LogP contribution in [-0.2, 0) is 0 Å². The molecule has 4 heteroatoms. The molecule has 12 aromatic rings. The average Bonchev–Trinajstić information content (AvgIpc) is 3.62. The molecular weight excluding hydrogens is 693 g/mol. The highest BCUT2D eigenvalue weighted by Crippen LogP contribution is 2.41. The number of pyridine rings is 1. The number of nitrogens with zero attached hydrogens (tertiary/aromatic N) is 4. The number of rotatable bonds is 3. The van der Waals surface area contributed by atoms with E-state index in [0.717, 1.165) is 66.2 Å². The first-order chi connectivity index (χ1) is 28.3. The minimum atomic E-state index is 0.966. The molecule has 57 heavy (non-hydrogen) atoms. The highest BCUT2D eigenvalue weighted by Gasteiger charge is 2.19. The van der Waals surface area contributed by atoms with E-state index in [1.807, 2.05) is 6.20 Å². The molecule has 0 aliphatic heterocycles. The molecule has 9 aromatic carbocycles. The Bertz CT molecular complexity index is 3570. The van der Waals surface area contributed by atoms with E-state index in [1.165, 1.54) is 38.0 Å². The molecule has 3 aromatic heterocycles. The number of benzene rings is 8. The molecule has 3 heterocycles. The van der Waals surface area contributed by atoms with Gasteiger partial charge in [-0.05, 0) is 106 Å². The van der Waals surface area contributed by atoms with Gasteiger partial charge in [-0.2, -0.15) is 0 Å². The Balaban J connectivity index is 1.36. The third-order valence-electron chi connectivity index (χ3n) is 11.7. The SMILES string of the molecule is c1ccc(-n2c3ccccc3n(-c3ccccc3)c3cc4c(cc32)c2cc(-n3c5ccccc5c5ccccc53)ccc2c2ccccc2c2cccnc24)cc1. The second-order valence-corrected chi connectivity index (χ2v) is 14.8. The van der Waals surface area contributed by atoms with Gasteiger partial charge in [0.25, 0.3) is 0 Å². The van der Waals surface area contributed by atoms with Gasteiger partial charge in [0.1, 0.15) is 0 Å². The van der Waals surface area contributed by atoms with Crippen molar-refractivity contribution in [2.24, 2.45) is 0 Å². The molecule has 0 atom stereocenters. The van der Waals surface area contributed by atoms with Crippen molar-refractivity contribution < 1.29 is 0 Å². The molecule has 0 aliphatic rings. The zero-order valence-corrected chi connectivity index (χ0v) is 30.9. The number of hydrogen-bond donors (Lipinski definition) is 0. The normalized spacial score (nSPS) is 11.9. The van der Waals surface area contributed by atoms with Crippen LogP contribution >= 0.6 is 0 Å². The maximum atomic E-state index is 5.22. The lowest BCUT2D eigenvalue weighted by Gasteiger charge is -2.23. The molecule has 0 aliphatic carbocycles. The Morgan fingerprint density at radius 2 is 0.667 bits per heavy atom. The molecule has 0 saturated carbocycles. The molecular formula is C53H34N4. The highest BCUT2D eigenvalue weighted by molar-refractivity contribution is 6.26. The van der Waals surface area contributed by atoms with Gasteiger partial charge in [0, 0.05) is 44.8 Å². The van der Waals surface area contributed by atoms with Gasteiger partial charge in [0.05, 0.1) is 38.6 Å². The van der Waals surface area contributed by atoms with Crippen LogP contribution in [0.25, 0.3) is 104 Å². The Labute approximate surface area is 328 Å². The zero-order chi connectivity index (χ0) is 37.5. The van der Waals surface area contributed by atoms with E-state index in [0.29, 0.717) is 0 Å². The Morgan fingerprint density at radius 1 is 0.246 bits per heavy atom. The van der Waals surface area contributed by atoms with Gasteiger partial charge in [-0.1, -0.05) is 121 Å². The third kappa shape index (κ3) is 4.71. The maximum Gasteiger partial charge on any atom is 0.0787 e. The summed E-state index contributed by atoms with van der Waals surface area (Å²) in [6.07, 6.45) is 1.93. The summed E-state index contributed by atoms with van der Waals surface area (Å²) >= 11 is 0. The predicted octanol–water partition coefficient (Wildman–Crippen LogP) is 13.8. The van der Waals surface area contributed by atoms with Gasteiger partial charge in [-0.3, -0.25) is 4.98 Å². The molecule has 266 valence electrons. The van der Waals surface area contributed by atoms with Gasteiger partial charge < -0.3 is 13.7 Å². The molecule has 0 fully saturated rings. The molecule has 0 unspecified atom stereocenters. The van der Waals surface area contributed by atoms with Crippen molar-refractivity contribution in [3.05, 3.63) is 206 Å². The Morgan fingerprint density at radius 3 is 1.26 bits per heavy atom. The van der Waals surface area contributed by atoms with E-state index in [-0.39, 0.29) is 0 Å². The van der Waals surface area contributed by atoms with E-state index >= 15 is 0 Å². The smallest absolute Gasteiger partial charge is 0.0787 e. The summed E-state index contributed by atoms with van der Waals surface area (Å²) in [5.74, 6) is 0. The van der Waals surface area contributed by atoms with Gasteiger partial charge in [0.2, 0.25) is 0 Å². The molecule has 0 saturated heterocycles. The summed E-state index contributed by atoms with van der Waals surface area (Å²) in [4.78, 5) is 5.22. The van der Waals surface area contributed by atoms with Crippen LogP contribution in [0.4, 0.5) is 0 Å². The minimum Gasteiger partial charge on any atom is -0.309 e. The Kier molecular flexibility index (Phi) is 6.89. The lowest BCUT2D eigenvalue weighted by atomic mass is 9.95. The third-order valence-corrected chi connectivity index (χ3v) is 11.7. The van der Waals surface area contributed by atoms with Crippen LogP contribution in [0.1, 0.15) is 0 Å². The minimum absolute atomic E-state index is 0.966. The quantitative estimate of drug-likeness (QED) is 0.167. The lowest BCUT2D eigenvalue weighted by Crippen LogP contribution is -2.08.